The number of carbonyl (C=O) groups excluding carboxylic acids is 1. The molecular weight excluding hydrogens is 257 g/mol. The van der Waals surface area contributed by atoms with Crippen LogP contribution in [0.4, 0.5) is 4.79 Å². The van der Waals surface area contributed by atoms with E-state index < -0.39 is 18.8 Å². The summed E-state index contributed by atoms with van der Waals surface area (Å²) < 4.78 is 5.13. The van der Waals surface area contributed by atoms with Crippen molar-refractivity contribution < 1.29 is 19.6 Å². The summed E-state index contributed by atoms with van der Waals surface area (Å²) in [6.45, 7) is 5.80. The highest BCUT2D eigenvalue weighted by atomic mass is 16.6. The van der Waals surface area contributed by atoms with Crippen LogP contribution in [0.1, 0.15) is 31.9 Å². The molecule has 5 nitrogen and oxygen atoms in total. The van der Waals surface area contributed by atoms with Gasteiger partial charge in [0.2, 0.25) is 0 Å². The summed E-state index contributed by atoms with van der Waals surface area (Å²) in [6, 6.07) is 7.34. The van der Waals surface area contributed by atoms with Gasteiger partial charge in [0.15, 0.2) is 0 Å². The maximum absolute atomic E-state index is 11.5. The molecule has 0 heterocycles. The van der Waals surface area contributed by atoms with Gasteiger partial charge in [0, 0.05) is 6.54 Å². The maximum atomic E-state index is 11.5. The van der Waals surface area contributed by atoms with Gasteiger partial charge >= 0.3 is 13.2 Å². The molecule has 0 radical (unpaired) electrons. The number of ether oxygens (including phenoxy) is 1. The number of nitrogens with one attached hydrogen (secondary N) is 1. The van der Waals surface area contributed by atoms with Crippen molar-refractivity contribution in [3.05, 3.63) is 41.4 Å². The molecule has 0 unspecified atom stereocenters. The van der Waals surface area contributed by atoms with Gasteiger partial charge in [0.25, 0.3) is 0 Å². The van der Waals surface area contributed by atoms with Crippen LogP contribution in [0.3, 0.4) is 0 Å². The molecule has 0 bridgehead atoms. The van der Waals surface area contributed by atoms with Crippen molar-refractivity contribution in [2.45, 2.75) is 32.9 Å². The summed E-state index contributed by atoms with van der Waals surface area (Å²) in [5.74, 6) is 1.27. The van der Waals surface area contributed by atoms with Crippen LogP contribution < -0.4 is 5.32 Å². The van der Waals surface area contributed by atoms with E-state index in [0.717, 1.165) is 11.1 Å². The maximum Gasteiger partial charge on any atom is 0.480 e. The van der Waals surface area contributed by atoms with Crippen molar-refractivity contribution in [1.82, 2.24) is 5.32 Å². The Bertz CT molecular complexity index is 463. The summed E-state index contributed by atoms with van der Waals surface area (Å²) in [5, 5.41) is 20.1. The first-order valence-corrected chi connectivity index (χ1v) is 6.36. The SMILES string of the molecule is CC(C)(C)OC(=O)NCc1ccc(/C=C/B(O)O)cc1. The second-order valence-corrected chi connectivity index (χ2v) is 5.37. The minimum absolute atomic E-state index is 0.377. The Kier molecular flexibility index (Phi) is 5.79. The molecule has 0 spiro atoms. The quantitative estimate of drug-likeness (QED) is 0.732. The van der Waals surface area contributed by atoms with Crippen LogP contribution in [0.15, 0.2) is 30.2 Å². The largest absolute Gasteiger partial charge is 0.480 e. The zero-order valence-corrected chi connectivity index (χ0v) is 12.0. The standard InChI is InChI=1S/C14H20BNO4/c1-14(2,3)20-13(17)16-10-12-6-4-11(5-7-12)8-9-15(18)19/h4-9,18-19H,10H2,1-3H3,(H,16,17)/b9-8+. The van der Waals surface area contributed by atoms with Crippen molar-refractivity contribution in [3.63, 3.8) is 0 Å². The summed E-state index contributed by atoms with van der Waals surface area (Å²) in [4.78, 5) is 11.5. The van der Waals surface area contributed by atoms with Gasteiger partial charge in [0.1, 0.15) is 5.60 Å². The smallest absolute Gasteiger partial charge is 0.444 e. The van der Waals surface area contributed by atoms with Gasteiger partial charge in [-0.15, -0.1) is 0 Å². The van der Waals surface area contributed by atoms with Crippen LogP contribution in [0.2, 0.25) is 0 Å². The summed E-state index contributed by atoms with van der Waals surface area (Å²) in [5.41, 5.74) is 1.26. The van der Waals surface area contributed by atoms with Crippen LogP contribution in [-0.2, 0) is 11.3 Å². The Labute approximate surface area is 119 Å². The Morgan fingerprint density at radius 2 is 1.90 bits per heavy atom. The van der Waals surface area contributed by atoms with E-state index in [1.54, 1.807) is 6.08 Å². The predicted octanol–water partition coefficient (Wildman–Crippen LogP) is 1.74. The zero-order valence-electron chi connectivity index (χ0n) is 12.0. The summed E-state index contributed by atoms with van der Waals surface area (Å²) >= 11 is 0. The first-order valence-electron chi connectivity index (χ1n) is 6.36. The number of benzene rings is 1. The first kappa shape index (κ1) is 16.3. The Morgan fingerprint density at radius 1 is 1.30 bits per heavy atom. The molecule has 108 valence electrons. The first-order chi connectivity index (χ1) is 9.26. The molecule has 1 aromatic carbocycles. The number of rotatable bonds is 4. The van der Waals surface area contributed by atoms with Crippen molar-refractivity contribution in [3.8, 4) is 0 Å². The molecule has 0 aliphatic rings. The Balaban J connectivity index is 2.48. The number of hydrogen-bond donors (Lipinski definition) is 3. The number of carbonyl (C=O) groups is 1. The fourth-order valence-corrected chi connectivity index (χ4v) is 1.43. The molecule has 3 N–H and O–H groups in total. The fourth-order valence-electron chi connectivity index (χ4n) is 1.43. The van der Waals surface area contributed by atoms with E-state index in [1.165, 1.54) is 5.98 Å². The van der Waals surface area contributed by atoms with Crippen molar-refractivity contribution >= 4 is 19.3 Å². The van der Waals surface area contributed by atoms with Gasteiger partial charge < -0.3 is 20.1 Å². The molecule has 0 atom stereocenters. The number of hydrogen-bond acceptors (Lipinski definition) is 4. The lowest BCUT2D eigenvalue weighted by atomic mass is 9.91. The van der Waals surface area contributed by atoms with E-state index in [0.29, 0.717) is 6.54 Å². The monoisotopic (exact) mass is 277 g/mol. The van der Waals surface area contributed by atoms with E-state index in [9.17, 15) is 4.79 Å². The van der Waals surface area contributed by atoms with Crippen molar-refractivity contribution in [2.24, 2.45) is 0 Å². The van der Waals surface area contributed by atoms with E-state index in [-0.39, 0.29) is 0 Å². The molecule has 0 saturated carbocycles. The van der Waals surface area contributed by atoms with Crippen LogP contribution in [0, 0.1) is 0 Å². The van der Waals surface area contributed by atoms with Crippen LogP contribution in [0.25, 0.3) is 6.08 Å². The molecule has 0 saturated heterocycles. The lowest BCUT2D eigenvalue weighted by molar-refractivity contribution is 0.0523. The third kappa shape index (κ3) is 6.96. The van der Waals surface area contributed by atoms with Crippen LogP contribution in [0.5, 0.6) is 0 Å². The van der Waals surface area contributed by atoms with Gasteiger partial charge in [-0.3, -0.25) is 0 Å². The topological polar surface area (TPSA) is 78.8 Å². The highest BCUT2D eigenvalue weighted by Gasteiger charge is 2.15. The minimum Gasteiger partial charge on any atom is -0.444 e. The summed E-state index contributed by atoms with van der Waals surface area (Å²) in [7, 11) is -1.46. The van der Waals surface area contributed by atoms with Gasteiger partial charge in [-0.2, -0.15) is 0 Å². The van der Waals surface area contributed by atoms with E-state index in [4.69, 9.17) is 14.8 Å². The summed E-state index contributed by atoms with van der Waals surface area (Å²) in [6.07, 6.45) is 1.15. The van der Waals surface area contributed by atoms with Gasteiger partial charge in [-0.05, 0) is 31.9 Å². The number of amides is 1. The molecule has 1 amide bonds. The average Bonchev–Trinajstić information content (AvgIpc) is 2.33. The van der Waals surface area contributed by atoms with Crippen LogP contribution >= 0.6 is 0 Å². The molecule has 1 aromatic rings. The van der Waals surface area contributed by atoms with Crippen molar-refractivity contribution in [2.75, 3.05) is 0 Å². The van der Waals surface area contributed by atoms with E-state index >= 15 is 0 Å². The zero-order chi connectivity index (χ0) is 15.2. The lowest BCUT2D eigenvalue weighted by Gasteiger charge is -2.19. The van der Waals surface area contributed by atoms with Gasteiger partial charge in [0.05, 0.1) is 0 Å². The van der Waals surface area contributed by atoms with Gasteiger partial charge in [-0.25, -0.2) is 4.79 Å². The average molecular weight is 277 g/mol. The second kappa shape index (κ2) is 7.12. The molecule has 0 fully saturated rings. The van der Waals surface area contributed by atoms with Crippen LogP contribution in [-0.4, -0.2) is 28.9 Å². The molecule has 0 aliphatic carbocycles. The molecule has 1 rings (SSSR count). The molecule has 20 heavy (non-hydrogen) atoms. The Morgan fingerprint density at radius 3 is 2.40 bits per heavy atom. The van der Waals surface area contributed by atoms with Gasteiger partial charge in [-0.1, -0.05) is 36.3 Å². The van der Waals surface area contributed by atoms with Crippen molar-refractivity contribution in [1.29, 1.82) is 0 Å². The fraction of sp³-hybridized carbons (Fsp3) is 0.357. The highest BCUT2D eigenvalue weighted by Crippen LogP contribution is 2.08. The third-order valence-electron chi connectivity index (χ3n) is 2.28. The highest BCUT2D eigenvalue weighted by molar-refractivity contribution is 6.48. The predicted molar refractivity (Wildman–Crippen MR) is 78.7 cm³/mol. The molecule has 6 heteroatoms. The molecule has 0 aliphatic heterocycles. The molecular formula is C14H20BNO4. The lowest BCUT2D eigenvalue weighted by Crippen LogP contribution is -2.32. The van der Waals surface area contributed by atoms with E-state index in [1.807, 2.05) is 45.0 Å². The minimum atomic E-state index is -1.46. The second-order valence-electron chi connectivity index (χ2n) is 5.37. The molecule has 0 aromatic heterocycles. The Hall–Kier alpha value is -1.79. The third-order valence-corrected chi connectivity index (χ3v) is 2.28. The number of alkyl carbamates (subject to hydrolysis) is 1. The normalized spacial score (nSPS) is 11.4. The van der Waals surface area contributed by atoms with E-state index in [2.05, 4.69) is 5.32 Å².